The quantitative estimate of drug-likeness (QED) is 0.789. The van der Waals surface area contributed by atoms with E-state index in [1.807, 2.05) is 24.6 Å². The summed E-state index contributed by atoms with van der Waals surface area (Å²) in [6.07, 6.45) is 7.69. The molecule has 0 spiro atoms. The normalized spacial score (nSPS) is 25.1. The van der Waals surface area contributed by atoms with Crippen LogP contribution >= 0.6 is 0 Å². The molecular weight excluding hydrogens is 312 g/mol. The van der Waals surface area contributed by atoms with Crippen molar-refractivity contribution in [2.24, 2.45) is 5.92 Å². The molecule has 5 nitrogen and oxygen atoms in total. The molecule has 3 heterocycles. The monoisotopic (exact) mass is 344 g/mol. The standard InChI is InChI=1S/C20H32N4O/c1-5-15(3)20(25)23-11-9-19-17(12-23)8-7-10-22(19)13-18-14-24(6-2)21-16(18)4/h5,14,17,19H,6-13H2,1-4H3/b15-5+/t17-,19-/m1/s1. The summed E-state index contributed by atoms with van der Waals surface area (Å²) in [7, 11) is 0. The summed E-state index contributed by atoms with van der Waals surface area (Å²) >= 11 is 0. The van der Waals surface area contributed by atoms with Crippen LogP contribution < -0.4 is 0 Å². The van der Waals surface area contributed by atoms with Crippen molar-refractivity contribution in [3.8, 4) is 0 Å². The summed E-state index contributed by atoms with van der Waals surface area (Å²) in [6, 6.07) is 0.605. The van der Waals surface area contributed by atoms with Crippen LogP contribution in [0.1, 0.15) is 51.3 Å². The zero-order valence-electron chi connectivity index (χ0n) is 16.2. The predicted octanol–water partition coefficient (Wildman–Crippen LogP) is 2.99. The van der Waals surface area contributed by atoms with Crippen LogP contribution in [0.3, 0.4) is 0 Å². The van der Waals surface area contributed by atoms with Crippen molar-refractivity contribution in [3.63, 3.8) is 0 Å². The third-order valence-electron chi connectivity index (χ3n) is 5.99. The minimum absolute atomic E-state index is 0.221. The van der Waals surface area contributed by atoms with Gasteiger partial charge in [-0.25, -0.2) is 0 Å². The first-order valence-corrected chi connectivity index (χ1v) is 9.72. The first kappa shape index (κ1) is 18.2. The zero-order chi connectivity index (χ0) is 18.0. The van der Waals surface area contributed by atoms with Crippen molar-refractivity contribution in [3.05, 3.63) is 29.1 Å². The van der Waals surface area contributed by atoms with Crippen LogP contribution in [0.5, 0.6) is 0 Å². The number of aromatic nitrogens is 2. The lowest BCUT2D eigenvalue weighted by molar-refractivity contribution is -0.130. The summed E-state index contributed by atoms with van der Waals surface area (Å²) in [5, 5.41) is 4.59. The second-order valence-corrected chi connectivity index (χ2v) is 7.55. The van der Waals surface area contributed by atoms with Crippen molar-refractivity contribution in [2.45, 2.75) is 66.1 Å². The lowest BCUT2D eigenvalue weighted by atomic mass is 9.83. The first-order valence-electron chi connectivity index (χ1n) is 9.72. The second kappa shape index (κ2) is 7.73. The fourth-order valence-corrected chi connectivity index (χ4v) is 4.36. The van der Waals surface area contributed by atoms with Gasteiger partial charge in [0, 0.05) is 49.6 Å². The Balaban J connectivity index is 1.67. The number of piperidine rings is 2. The van der Waals surface area contributed by atoms with E-state index in [1.54, 1.807) is 0 Å². The molecule has 25 heavy (non-hydrogen) atoms. The van der Waals surface area contributed by atoms with E-state index in [1.165, 1.54) is 24.9 Å². The molecule has 1 amide bonds. The van der Waals surface area contributed by atoms with E-state index < -0.39 is 0 Å². The molecule has 0 aliphatic carbocycles. The molecule has 0 radical (unpaired) electrons. The lowest BCUT2D eigenvalue weighted by Crippen LogP contribution is -2.54. The highest BCUT2D eigenvalue weighted by Crippen LogP contribution is 2.32. The van der Waals surface area contributed by atoms with Crippen LogP contribution in [0.15, 0.2) is 17.8 Å². The van der Waals surface area contributed by atoms with Crippen molar-refractivity contribution in [1.82, 2.24) is 19.6 Å². The van der Waals surface area contributed by atoms with E-state index >= 15 is 0 Å². The largest absolute Gasteiger partial charge is 0.339 e. The van der Waals surface area contributed by atoms with Crippen molar-refractivity contribution in [1.29, 1.82) is 0 Å². The Bertz CT molecular complexity index is 648. The SMILES string of the molecule is C/C=C(\C)C(=O)N1CC[C@@H]2[C@H](CCCN2Cc2cn(CC)nc2C)C1. The van der Waals surface area contributed by atoms with Gasteiger partial charge in [0.1, 0.15) is 0 Å². The summed E-state index contributed by atoms with van der Waals surface area (Å²) in [6.45, 7) is 13.0. The van der Waals surface area contributed by atoms with Gasteiger partial charge < -0.3 is 4.90 Å². The van der Waals surface area contributed by atoms with Gasteiger partial charge in [-0.05, 0) is 59.4 Å². The van der Waals surface area contributed by atoms with Crippen molar-refractivity contribution in [2.75, 3.05) is 19.6 Å². The van der Waals surface area contributed by atoms with Gasteiger partial charge in [0.15, 0.2) is 0 Å². The first-order chi connectivity index (χ1) is 12.0. The Kier molecular flexibility index (Phi) is 5.62. The van der Waals surface area contributed by atoms with E-state index in [9.17, 15) is 4.79 Å². The molecular formula is C20H32N4O. The van der Waals surface area contributed by atoms with Crippen LogP contribution in [0.2, 0.25) is 0 Å². The summed E-state index contributed by atoms with van der Waals surface area (Å²) in [5.74, 6) is 0.829. The molecule has 5 heteroatoms. The summed E-state index contributed by atoms with van der Waals surface area (Å²) in [4.78, 5) is 17.2. The number of allylic oxidation sites excluding steroid dienone is 1. The third-order valence-corrected chi connectivity index (χ3v) is 5.99. The molecule has 2 aliphatic rings. The number of aryl methyl sites for hydroxylation is 2. The van der Waals surface area contributed by atoms with E-state index in [2.05, 4.69) is 34.9 Å². The average Bonchev–Trinajstić information content (AvgIpc) is 3.00. The molecule has 2 saturated heterocycles. The Morgan fingerprint density at radius 3 is 2.84 bits per heavy atom. The number of carbonyl (C=O) groups excluding carboxylic acids is 1. The number of fused-ring (bicyclic) bond motifs is 1. The number of nitrogens with zero attached hydrogens (tertiary/aromatic N) is 4. The third kappa shape index (κ3) is 3.81. The topological polar surface area (TPSA) is 41.4 Å². The van der Waals surface area contributed by atoms with Gasteiger partial charge in [0.05, 0.1) is 5.69 Å². The minimum atomic E-state index is 0.221. The maximum absolute atomic E-state index is 12.5. The van der Waals surface area contributed by atoms with Crippen LogP contribution in [-0.2, 0) is 17.9 Å². The zero-order valence-corrected chi connectivity index (χ0v) is 16.2. The highest BCUT2D eigenvalue weighted by atomic mass is 16.2. The number of carbonyl (C=O) groups is 1. The molecule has 1 aromatic rings. The second-order valence-electron chi connectivity index (χ2n) is 7.55. The fourth-order valence-electron chi connectivity index (χ4n) is 4.36. The van der Waals surface area contributed by atoms with E-state index in [0.29, 0.717) is 12.0 Å². The molecule has 2 fully saturated rings. The van der Waals surface area contributed by atoms with E-state index in [4.69, 9.17) is 0 Å². The number of amides is 1. The molecule has 1 aromatic heterocycles. The minimum Gasteiger partial charge on any atom is -0.339 e. The van der Waals surface area contributed by atoms with E-state index in [-0.39, 0.29) is 5.91 Å². The molecule has 2 atom stereocenters. The van der Waals surface area contributed by atoms with Crippen molar-refractivity contribution >= 4 is 5.91 Å². The maximum atomic E-state index is 12.5. The lowest BCUT2D eigenvalue weighted by Gasteiger charge is -2.47. The van der Waals surface area contributed by atoms with Crippen LogP contribution in [0.25, 0.3) is 0 Å². The molecule has 0 saturated carbocycles. The number of hydrogen-bond donors (Lipinski definition) is 0. The molecule has 0 aromatic carbocycles. The molecule has 0 unspecified atom stereocenters. The van der Waals surface area contributed by atoms with Crippen LogP contribution in [-0.4, -0.2) is 51.2 Å². The molecule has 0 bridgehead atoms. The number of likely N-dealkylation sites (tertiary alicyclic amines) is 2. The highest BCUT2D eigenvalue weighted by molar-refractivity contribution is 5.92. The number of hydrogen-bond acceptors (Lipinski definition) is 3. The maximum Gasteiger partial charge on any atom is 0.249 e. The molecule has 0 N–H and O–H groups in total. The molecule has 138 valence electrons. The summed E-state index contributed by atoms with van der Waals surface area (Å²) in [5.41, 5.74) is 3.37. The van der Waals surface area contributed by atoms with Gasteiger partial charge in [0.2, 0.25) is 5.91 Å². The number of rotatable bonds is 4. The van der Waals surface area contributed by atoms with Gasteiger partial charge in [-0.2, -0.15) is 5.10 Å². The van der Waals surface area contributed by atoms with Crippen LogP contribution in [0.4, 0.5) is 0 Å². The predicted molar refractivity (Wildman–Crippen MR) is 100 cm³/mol. The highest BCUT2D eigenvalue weighted by Gasteiger charge is 2.37. The van der Waals surface area contributed by atoms with Gasteiger partial charge in [-0.3, -0.25) is 14.4 Å². The average molecular weight is 345 g/mol. The fraction of sp³-hybridized carbons (Fsp3) is 0.700. The van der Waals surface area contributed by atoms with Crippen LogP contribution in [0, 0.1) is 12.8 Å². The molecule has 3 rings (SSSR count). The smallest absolute Gasteiger partial charge is 0.249 e. The van der Waals surface area contributed by atoms with Gasteiger partial charge in [0.25, 0.3) is 0 Å². The van der Waals surface area contributed by atoms with Gasteiger partial charge in [-0.1, -0.05) is 6.08 Å². The Morgan fingerprint density at radius 2 is 2.16 bits per heavy atom. The Labute approximate surface area is 151 Å². The Morgan fingerprint density at radius 1 is 1.36 bits per heavy atom. The van der Waals surface area contributed by atoms with E-state index in [0.717, 1.165) is 43.9 Å². The van der Waals surface area contributed by atoms with Crippen molar-refractivity contribution < 1.29 is 4.79 Å². The van der Waals surface area contributed by atoms with Gasteiger partial charge in [-0.15, -0.1) is 0 Å². The Hall–Kier alpha value is -1.62. The summed E-state index contributed by atoms with van der Waals surface area (Å²) < 4.78 is 2.03. The van der Waals surface area contributed by atoms with Gasteiger partial charge >= 0.3 is 0 Å². The molecule has 2 aliphatic heterocycles.